The van der Waals surface area contributed by atoms with Gasteiger partial charge in [0.2, 0.25) is 0 Å². The molecule has 1 unspecified atom stereocenters. The van der Waals surface area contributed by atoms with Crippen LogP contribution in [0.5, 0.6) is 0 Å². The average molecular weight is 364 g/mol. The first-order valence-electron chi connectivity index (χ1n) is 9.90. The van der Waals surface area contributed by atoms with E-state index in [2.05, 4.69) is 0 Å². The molecule has 2 spiro atoms. The third kappa shape index (κ3) is 1.62. The molecule has 0 amide bonds. The normalized spacial score (nSPS) is 57.2. The standard InChI is InChI=1S/C20H28O6/c1-9-10-4-5-11-19(7-10,15(9)22)17(24)26-13-6-12(21)18(2,3)14-16(23)25-8-20(11,13)14/h9-14,16,21,23H,4-8H2,1-3H3/t9?,10-,11-,12-,13-,14-,16+,19+,20+/m1/s1. The summed E-state index contributed by atoms with van der Waals surface area (Å²) in [7, 11) is 0. The van der Waals surface area contributed by atoms with Gasteiger partial charge in [-0.2, -0.15) is 0 Å². The summed E-state index contributed by atoms with van der Waals surface area (Å²) in [6, 6.07) is 0. The molecule has 9 atom stereocenters. The smallest absolute Gasteiger partial charge is 0.320 e. The van der Waals surface area contributed by atoms with Gasteiger partial charge in [0.05, 0.1) is 12.7 Å². The first-order valence-corrected chi connectivity index (χ1v) is 9.90. The van der Waals surface area contributed by atoms with Crippen LogP contribution in [0.15, 0.2) is 0 Å². The maximum Gasteiger partial charge on any atom is 0.320 e. The van der Waals surface area contributed by atoms with Crippen molar-refractivity contribution in [3.8, 4) is 0 Å². The predicted molar refractivity (Wildman–Crippen MR) is 89.6 cm³/mol. The minimum atomic E-state index is -1.08. The lowest BCUT2D eigenvalue weighted by molar-refractivity contribution is -0.253. The summed E-state index contributed by atoms with van der Waals surface area (Å²) in [6.45, 7) is 6.12. The van der Waals surface area contributed by atoms with Crippen LogP contribution < -0.4 is 0 Å². The van der Waals surface area contributed by atoms with E-state index in [0.29, 0.717) is 12.8 Å². The number of esters is 1. The number of hydrogen-bond acceptors (Lipinski definition) is 6. The third-order valence-electron chi connectivity index (χ3n) is 8.89. The van der Waals surface area contributed by atoms with Crippen LogP contribution in [0.4, 0.5) is 0 Å². The average Bonchev–Trinajstić information content (AvgIpc) is 3.03. The summed E-state index contributed by atoms with van der Waals surface area (Å²) in [5.74, 6) is -0.792. The van der Waals surface area contributed by atoms with Crippen LogP contribution >= 0.6 is 0 Å². The molecule has 0 aromatic heterocycles. The van der Waals surface area contributed by atoms with Gasteiger partial charge < -0.3 is 19.7 Å². The van der Waals surface area contributed by atoms with Gasteiger partial charge in [-0.3, -0.25) is 9.59 Å². The molecule has 0 aromatic rings. The van der Waals surface area contributed by atoms with Crippen LogP contribution in [0.25, 0.3) is 0 Å². The summed E-state index contributed by atoms with van der Waals surface area (Å²) in [5, 5.41) is 21.4. The van der Waals surface area contributed by atoms with E-state index >= 15 is 0 Å². The molecule has 2 bridgehead atoms. The van der Waals surface area contributed by atoms with Crippen LogP contribution in [0.2, 0.25) is 0 Å². The Morgan fingerprint density at radius 2 is 1.88 bits per heavy atom. The second-order valence-electron chi connectivity index (χ2n) is 9.98. The molecule has 2 heterocycles. The first-order chi connectivity index (χ1) is 12.2. The summed E-state index contributed by atoms with van der Waals surface area (Å²) >= 11 is 0. The summed E-state index contributed by atoms with van der Waals surface area (Å²) in [4.78, 5) is 26.4. The molecule has 3 saturated carbocycles. The fourth-order valence-corrected chi connectivity index (χ4v) is 7.56. The zero-order chi connectivity index (χ0) is 18.6. The monoisotopic (exact) mass is 364 g/mol. The molecule has 5 aliphatic rings. The lowest BCUT2D eigenvalue weighted by Crippen LogP contribution is -2.70. The van der Waals surface area contributed by atoms with E-state index in [1.807, 2.05) is 20.8 Å². The van der Waals surface area contributed by atoms with Crippen molar-refractivity contribution in [2.24, 2.45) is 39.9 Å². The SMILES string of the molecule is CC1C(=O)[C@]23C[C@H]1CC[C@H]2[C@]12CO[C@H](O)[C@@H]1C(C)(C)[C@H](O)C[C@H]2OC3=O. The Morgan fingerprint density at radius 3 is 2.62 bits per heavy atom. The number of aliphatic hydroxyl groups is 2. The van der Waals surface area contributed by atoms with Gasteiger partial charge in [0.1, 0.15) is 11.5 Å². The molecule has 5 rings (SSSR count). The van der Waals surface area contributed by atoms with Crippen molar-refractivity contribution in [2.75, 3.05) is 6.61 Å². The molecule has 6 heteroatoms. The zero-order valence-electron chi connectivity index (χ0n) is 15.6. The Kier molecular flexibility index (Phi) is 3.22. The minimum absolute atomic E-state index is 0.0203. The van der Waals surface area contributed by atoms with Gasteiger partial charge in [0.25, 0.3) is 0 Å². The van der Waals surface area contributed by atoms with Gasteiger partial charge in [-0.05, 0) is 36.5 Å². The topological polar surface area (TPSA) is 93.1 Å². The molecule has 0 aromatic carbocycles. The van der Waals surface area contributed by atoms with E-state index < -0.39 is 40.7 Å². The van der Waals surface area contributed by atoms with Crippen molar-refractivity contribution in [2.45, 2.75) is 65.0 Å². The molecule has 144 valence electrons. The van der Waals surface area contributed by atoms with Gasteiger partial charge in [-0.1, -0.05) is 20.8 Å². The van der Waals surface area contributed by atoms with Crippen LogP contribution in [0.3, 0.4) is 0 Å². The van der Waals surface area contributed by atoms with Crippen LogP contribution in [0, 0.1) is 39.9 Å². The Hall–Kier alpha value is -0.980. The second kappa shape index (κ2) is 4.89. The summed E-state index contributed by atoms with van der Waals surface area (Å²) in [5.41, 5.74) is -2.26. The number of aliphatic hydroxyl groups excluding tert-OH is 2. The summed E-state index contributed by atoms with van der Waals surface area (Å²) in [6.07, 6.45) is 0.400. The van der Waals surface area contributed by atoms with E-state index in [4.69, 9.17) is 9.47 Å². The molecule has 3 aliphatic carbocycles. The van der Waals surface area contributed by atoms with Crippen molar-refractivity contribution in [1.29, 1.82) is 0 Å². The Bertz CT molecular complexity index is 688. The highest BCUT2D eigenvalue weighted by Crippen LogP contribution is 2.71. The summed E-state index contributed by atoms with van der Waals surface area (Å²) < 4.78 is 11.6. The lowest BCUT2D eigenvalue weighted by atomic mass is 9.43. The van der Waals surface area contributed by atoms with Gasteiger partial charge in [-0.15, -0.1) is 0 Å². The molecule has 26 heavy (non-hydrogen) atoms. The molecule has 2 N–H and O–H groups in total. The highest BCUT2D eigenvalue weighted by atomic mass is 16.6. The van der Waals surface area contributed by atoms with Gasteiger partial charge in [0, 0.05) is 23.7 Å². The highest BCUT2D eigenvalue weighted by Gasteiger charge is 2.78. The number of carbonyl (C=O) groups excluding carboxylic acids is 2. The van der Waals surface area contributed by atoms with Crippen molar-refractivity contribution in [3.63, 3.8) is 0 Å². The Balaban J connectivity index is 1.71. The van der Waals surface area contributed by atoms with Crippen LogP contribution in [-0.4, -0.2) is 47.1 Å². The van der Waals surface area contributed by atoms with Gasteiger partial charge >= 0.3 is 5.97 Å². The number of hydrogen-bond donors (Lipinski definition) is 2. The Labute approximate surface area is 153 Å². The fraction of sp³-hybridized carbons (Fsp3) is 0.900. The molecular formula is C20H28O6. The van der Waals surface area contributed by atoms with E-state index in [0.717, 1.165) is 12.8 Å². The Morgan fingerprint density at radius 1 is 1.15 bits per heavy atom. The maximum absolute atomic E-state index is 13.3. The van der Waals surface area contributed by atoms with Gasteiger partial charge in [0.15, 0.2) is 12.1 Å². The van der Waals surface area contributed by atoms with E-state index in [9.17, 15) is 19.8 Å². The number of Topliss-reactive ketones (excluding diaryl/α,β-unsaturated/α-hetero) is 1. The molecule has 0 radical (unpaired) electrons. The third-order valence-corrected chi connectivity index (χ3v) is 8.89. The number of fused-ring (bicyclic) bond motifs is 1. The zero-order valence-corrected chi connectivity index (χ0v) is 15.6. The quantitative estimate of drug-likeness (QED) is 0.497. The van der Waals surface area contributed by atoms with Crippen molar-refractivity contribution in [3.05, 3.63) is 0 Å². The van der Waals surface area contributed by atoms with E-state index in [1.54, 1.807) is 0 Å². The van der Waals surface area contributed by atoms with E-state index in [-0.39, 0.29) is 36.1 Å². The number of ketones is 1. The molecule has 5 fully saturated rings. The van der Waals surface area contributed by atoms with Crippen molar-refractivity contribution < 1.29 is 29.3 Å². The maximum atomic E-state index is 13.3. The largest absolute Gasteiger partial charge is 0.461 e. The van der Waals surface area contributed by atoms with E-state index in [1.165, 1.54) is 0 Å². The number of carbonyl (C=O) groups is 2. The molecule has 2 saturated heterocycles. The fourth-order valence-electron chi connectivity index (χ4n) is 7.56. The molecular weight excluding hydrogens is 336 g/mol. The second-order valence-corrected chi connectivity index (χ2v) is 9.98. The first kappa shape index (κ1) is 17.1. The van der Waals surface area contributed by atoms with Crippen LogP contribution in [-0.2, 0) is 19.1 Å². The van der Waals surface area contributed by atoms with Crippen molar-refractivity contribution >= 4 is 11.8 Å². The lowest BCUT2D eigenvalue weighted by Gasteiger charge is -2.62. The molecule has 2 aliphatic heterocycles. The van der Waals surface area contributed by atoms with Crippen LogP contribution in [0.1, 0.15) is 46.5 Å². The number of rotatable bonds is 0. The predicted octanol–water partition coefficient (Wildman–Crippen LogP) is 1.28. The molecule has 6 nitrogen and oxygen atoms in total. The number of ether oxygens (including phenoxy) is 2. The highest BCUT2D eigenvalue weighted by molar-refractivity contribution is 6.07. The van der Waals surface area contributed by atoms with Gasteiger partial charge in [-0.25, -0.2) is 0 Å². The van der Waals surface area contributed by atoms with Crippen molar-refractivity contribution in [1.82, 2.24) is 0 Å². The minimum Gasteiger partial charge on any atom is -0.461 e.